The van der Waals surface area contributed by atoms with Crippen molar-refractivity contribution < 1.29 is 14.3 Å². The number of aryl methyl sites for hydroxylation is 1. The Balaban J connectivity index is 1.47. The first kappa shape index (κ1) is 25.8. The number of anilines is 2. The van der Waals surface area contributed by atoms with Crippen molar-refractivity contribution in [3.63, 3.8) is 0 Å². The number of nitrogens with one attached hydrogen (secondary N) is 3. The van der Waals surface area contributed by atoms with Crippen LogP contribution in [0.4, 0.5) is 16.3 Å². The summed E-state index contributed by atoms with van der Waals surface area (Å²) in [7, 11) is 0. The molecule has 0 spiro atoms. The Morgan fingerprint density at radius 1 is 1.09 bits per heavy atom. The van der Waals surface area contributed by atoms with Gasteiger partial charge in [0.15, 0.2) is 0 Å². The van der Waals surface area contributed by atoms with Crippen LogP contribution in [0.25, 0.3) is 0 Å². The van der Waals surface area contributed by atoms with Gasteiger partial charge < -0.3 is 20.7 Å². The normalized spacial score (nSPS) is 13.3. The van der Waals surface area contributed by atoms with E-state index in [2.05, 4.69) is 27.9 Å². The molecule has 0 aliphatic heterocycles. The minimum atomic E-state index is -0.496. The molecule has 2 amide bonds. The van der Waals surface area contributed by atoms with Gasteiger partial charge in [-0.3, -0.25) is 4.79 Å². The molecule has 1 heterocycles. The van der Waals surface area contributed by atoms with Crippen LogP contribution in [0, 0.1) is 6.92 Å². The average molecular weight is 487 g/mol. The van der Waals surface area contributed by atoms with Crippen molar-refractivity contribution in [2.24, 2.45) is 0 Å². The Labute approximate surface area is 207 Å². The van der Waals surface area contributed by atoms with Gasteiger partial charge in [0.05, 0.1) is 5.56 Å². The molecule has 34 heavy (non-hydrogen) atoms. The second kappa shape index (κ2) is 11.6. The number of carbonyl (C=O) groups is 2. The number of nitrogens with zero attached hydrogens (tertiary/aromatic N) is 1. The van der Waals surface area contributed by atoms with Gasteiger partial charge in [0.25, 0.3) is 5.91 Å². The smallest absolute Gasteiger partial charge is 0.407 e. The molecule has 7 nitrogen and oxygen atoms in total. The highest BCUT2D eigenvalue weighted by Crippen LogP contribution is 2.40. The highest BCUT2D eigenvalue weighted by Gasteiger charge is 2.27. The number of hydrogen-bond donors (Lipinski definition) is 3. The van der Waals surface area contributed by atoms with Crippen LogP contribution >= 0.6 is 11.6 Å². The fraction of sp³-hybridized carbons (Fsp3) is 0.500. The zero-order valence-corrected chi connectivity index (χ0v) is 21.2. The molecular weight excluding hydrogens is 452 g/mol. The number of rotatable bonds is 10. The Bertz CT molecular complexity index is 1020. The van der Waals surface area contributed by atoms with Gasteiger partial charge in [0.2, 0.25) is 0 Å². The van der Waals surface area contributed by atoms with E-state index in [-0.39, 0.29) is 5.91 Å². The van der Waals surface area contributed by atoms with Gasteiger partial charge in [-0.25, -0.2) is 9.78 Å². The van der Waals surface area contributed by atoms with Gasteiger partial charge in [-0.15, -0.1) is 0 Å². The summed E-state index contributed by atoms with van der Waals surface area (Å²) in [6, 6.07) is 9.05. The summed E-state index contributed by atoms with van der Waals surface area (Å²) in [6.45, 7) is 8.82. The standard InChI is InChI=1S/C26H35ClN4O3/c1-17-8-13-22(30-23(17)18-9-10-18)31-24(32)20-12-11-19(27)16-21(20)28-14-6-5-7-15-29-25(33)34-26(2,3)4/h8,11-13,16,18,28H,5-7,9-10,14-15H2,1-4H3,(H,29,33)(H,30,31,32). The maximum absolute atomic E-state index is 13.0. The molecule has 3 N–H and O–H groups in total. The lowest BCUT2D eigenvalue weighted by Crippen LogP contribution is -2.33. The molecule has 0 bridgehead atoms. The minimum Gasteiger partial charge on any atom is -0.444 e. The SMILES string of the molecule is Cc1ccc(NC(=O)c2ccc(Cl)cc2NCCCCCNC(=O)OC(C)(C)C)nc1C1CC1. The van der Waals surface area contributed by atoms with Crippen LogP contribution in [0.2, 0.25) is 5.02 Å². The van der Waals surface area contributed by atoms with E-state index in [0.29, 0.717) is 41.1 Å². The summed E-state index contributed by atoms with van der Waals surface area (Å²) < 4.78 is 5.22. The van der Waals surface area contributed by atoms with E-state index >= 15 is 0 Å². The third kappa shape index (κ3) is 8.20. The molecule has 1 fully saturated rings. The lowest BCUT2D eigenvalue weighted by atomic mass is 10.1. The quantitative estimate of drug-likeness (QED) is 0.344. The number of unbranched alkanes of at least 4 members (excludes halogenated alkanes) is 2. The molecule has 0 saturated heterocycles. The third-order valence-electron chi connectivity index (χ3n) is 5.41. The first-order valence-corrected chi connectivity index (χ1v) is 12.3. The van der Waals surface area contributed by atoms with Gasteiger partial charge >= 0.3 is 6.09 Å². The van der Waals surface area contributed by atoms with E-state index in [1.807, 2.05) is 32.9 Å². The number of aromatic nitrogens is 1. The van der Waals surface area contributed by atoms with Crippen LogP contribution in [-0.4, -0.2) is 35.7 Å². The molecule has 0 unspecified atom stereocenters. The lowest BCUT2D eigenvalue weighted by molar-refractivity contribution is 0.0527. The zero-order chi connectivity index (χ0) is 24.7. The number of benzene rings is 1. The van der Waals surface area contributed by atoms with Crippen LogP contribution in [-0.2, 0) is 4.74 Å². The van der Waals surface area contributed by atoms with Gasteiger partial charge in [0.1, 0.15) is 11.4 Å². The van der Waals surface area contributed by atoms with Crippen molar-refractivity contribution in [3.8, 4) is 0 Å². The Kier molecular flexibility index (Phi) is 8.78. The van der Waals surface area contributed by atoms with Gasteiger partial charge in [-0.1, -0.05) is 17.7 Å². The molecule has 1 aliphatic carbocycles. The van der Waals surface area contributed by atoms with Crippen molar-refractivity contribution in [2.75, 3.05) is 23.7 Å². The molecular formula is C26H35ClN4O3. The molecule has 0 radical (unpaired) electrons. The van der Waals surface area contributed by atoms with Gasteiger partial charge in [0, 0.05) is 35.4 Å². The summed E-state index contributed by atoms with van der Waals surface area (Å²) in [5.74, 6) is 0.860. The summed E-state index contributed by atoms with van der Waals surface area (Å²) in [5, 5.41) is 9.57. The van der Waals surface area contributed by atoms with Crippen molar-refractivity contribution in [2.45, 2.75) is 71.3 Å². The predicted molar refractivity (Wildman–Crippen MR) is 137 cm³/mol. The topological polar surface area (TPSA) is 92.4 Å². The summed E-state index contributed by atoms with van der Waals surface area (Å²) in [6.07, 6.45) is 4.57. The molecule has 0 atom stereocenters. The lowest BCUT2D eigenvalue weighted by Gasteiger charge is -2.19. The van der Waals surface area contributed by atoms with Crippen LogP contribution < -0.4 is 16.0 Å². The Hall–Kier alpha value is -2.80. The monoisotopic (exact) mass is 486 g/mol. The van der Waals surface area contributed by atoms with Crippen molar-refractivity contribution >= 4 is 35.1 Å². The molecule has 3 rings (SSSR count). The number of carbonyl (C=O) groups excluding carboxylic acids is 2. The first-order valence-electron chi connectivity index (χ1n) is 11.9. The summed E-state index contributed by atoms with van der Waals surface area (Å²) in [4.78, 5) is 29.3. The Morgan fingerprint density at radius 3 is 2.53 bits per heavy atom. The number of alkyl carbamates (subject to hydrolysis) is 1. The molecule has 1 aliphatic rings. The first-order chi connectivity index (χ1) is 16.1. The van der Waals surface area contributed by atoms with E-state index in [1.165, 1.54) is 0 Å². The highest BCUT2D eigenvalue weighted by atomic mass is 35.5. The van der Waals surface area contributed by atoms with Crippen LogP contribution in [0.1, 0.15) is 80.4 Å². The van der Waals surface area contributed by atoms with E-state index in [9.17, 15) is 9.59 Å². The molecule has 2 aromatic rings. The number of hydrogen-bond acceptors (Lipinski definition) is 5. The summed E-state index contributed by atoms with van der Waals surface area (Å²) in [5.41, 5.74) is 2.95. The Morgan fingerprint density at radius 2 is 1.82 bits per heavy atom. The van der Waals surface area contributed by atoms with E-state index in [4.69, 9.17) is 16.3 Å². The fourth-order valence-electron chi connectivity index (χ4n) is 3.58. The maximum Gasteiger partial charge on any atom is 0.407 e. The van der Waals surface area contributed by atoms with Gasteiger partial charge in [-0.05, 0) is 89.6 Å². The number of ether oxygens (including phenoxy) is 1. The predicted octanol–water partition coefficient (Wildman–Crippen LogP) is 6.28. The average Bonchev–Trinajstić information content (AvgIpc) is 3.58. The minimum absolute atomic E-state index is 0.223. The second-order valence-electron chi connectivity index (χ2n) is 9.73. The fourth-order valence-corrected chi connectivity index (χ4v) is 3.76. The van der Waals surface area contributed by atoms with Gasteiger partial charge in [-0.2, -0.15) is 0 Å². The molecule has 8 heteroatoms. The third-order valence-corrected chi connectivity index (χ3v) is 5.64. The van der Waals surface area contributed by atoms with Crippen LogP contribution in [0.3, 0.4) is 0 Å². The van der Waals surface area contributed by atoms with Crippen LogP contribution in [0.5, 0.6) is 0 Å². The van der Waals surface area contributed by atoms with Crippen molar-refractivity contribution in [1.29, 1.82) is 0 Å². The largest absolute Gasteiger partial charge is 0.444 e. The highest BCUT2D eigenvalue weighted by molar-refractivity contribution is 6.31. The van der Waals surface area contributed by atoms with Crippen molar-refractivity contribution in [1.82, 2.24) is 10.3 Å². The molecule has 184 valence electrons. The molecule has 1 aromatic heterocycles. The zero-order valence-electron chi connectivity index (χ0n) is 20.5. The molecule has 1 aromatic carbocycles. The molecule has 1 saturated carbocycles. The van der Waals surface area contributed by atoms with E-state index in [1.54, 1.807) is 18.2 Å². The van der Waals surface area contributed by atoms with Crippen LogP contribution in [0.15, 0.2) is 30.3 Å². The number of pyridine rings is 1. The van der Waals surface area contributed by atoms with E-state index < -0.39 is 11.7 Å². The second-order valence-corrected chi connectivity index (χ2v) is 10.2. The number of halogens is 1. The summed E-state index contributed by atoms with van der Waals surface area (Å²) >= 11 is 6.18. The van der Waals surface area contributed by atoms with E-state index in [0.717, 1.165) is 43.4 Å². The van der Waals surface area contributed by atoms with Crippen molar-refractivity contribution in [3.05, 3.63) is 52.2 Å². The maximum atomic E-state index is 13.0. The number of amides is 2.